The Labute approximate surface area is 127 Å². The topological polar surface area (TPSA) is 62.5 Å². The SMILES string of the molecule is CCN(CC)C(=O)CN(C)c1nc2c(cc1CN)CCC2. The number of carbonyl (C=O) groups excluding carboxylic acids is 1. The highest BCUT2D eigenvalue weighted by molar-refractivity contribution is 5.81. The molecule has 1 aliphatic carbocycles. The number of aromatic nitrogens is 1. The number of fused-ring (bicyclic) bond motifs is 1. The Balaban J connectivity index is 2.19. The van der Waals surface area contributed by atoms with E-state index in [0.717, 1.165) is 43.7 Å². The summed E-state index contributed by atoms with van der Waals surface area (Å²) in [6, 6.07) is 2.17. The van der Waals surface area contributed by atoms with Gasteiger partial charge in [0.05, 0.1) is 6.54 Å². The second-order valence-corrected chi connectivity index (χ2v) is 5.56. The number of anilines is 1. The normalized spacial score (nSPS) is 13.1. The monoisotopic (exact) mass is 290 g/mol. The summed E-state index contributed by atoms with van der Waals surface area (Å²) in [5, 5.41) is 0. The van der Waals surface area contributed by atoms with E-state index in [9.17, 15) is 4.79 Å². The number of nitrogens with two attached hydrogens (primary N) is 1. The third kappa shape index (κ3) is 3.35. The van der Waals surface area contributed by atoms with E-state index in [-0.39, 0.29) is 5.91 Å². The van der Waals surface area contributed by atoms with Crippen LogP contribution in [-0.4, -0.2) is 42.5 Å². The van der Waals surface area contributed by atoms with E-state index < -0.39 is 0 Å². The van der Waals surface area contributed by atoms with E-state index in [0.29, 0.717) is 13.1 Å². The van der Waals surface area contributed by atoms with Gasteiger partial charge in [-0.05, 0) is 44.7 Å². The minimum absolute atomic E-state index is 0.132. The summed E-state index contributed by atoms with van der Waals surface area (Å²) in [5.41, 5.74) is 9.39. The van der Waals surface area contributed by atoms with Crippen molar-refractivity contribution >= 4 is 11.7 Å². The molecule has 0 bridgehead atoms. The molecule has 0 saturated heterocycles. The molecule has 0 radical (unpaired) electrons. The Kier molecular flexibility index (Phi) is 5.17. The van der Waals surface area contributed by atoms with Gasteiger partial charge in [0.2, 0.25) is 5.91 Å². The summed E-state index contributed by atoms with van der Waals surface area (Å²) in [4.78, 5) is 20.8. The molecule has 21 heavy (non-hydrogen) atoms. The number of nitrogens with zero attached hydrogens (tertiary/aromatic N) is 3. The molecule has 1 amide bonds. The van der Waals surface area contributed by atoms with Crippen LogP contribution < -0.4 is 10.6 Å². The van der Waals surface area contributed by atoms with Crippen molar-refractivity contribution in [1.82, 2.24) is 9.88 Å². The van der Waals surface area contributed by atoms with Crippen LogP contribution in [0.25, 0.3) is 0 Å². The molecule has 2 N–H and O–H groups in total. The fraction of sp³-hybridized carbons (Fsp3) is 0.625. The second-order valence-electron chi connectivity index (χ2n) is 5.56. The van der Waals surface area contributed by atoms with Crippen LogP contribution in [-0.2, 0) is 24.2 Å². The molecule has 1 aliphatic rings. The minimum atomic E-state index is 0.132. The van der Waals surface area contributed by atoms with Gasteiger partial charge in [0.1, 0.15) is 5.82 Å². The van der Waals surface area contributed by atoms with E-state index >= 15 is 0 Å². The largest absolute Gasteiger partial charge is 0.350 e. The van der Waals surface area contributed by atoms with Gasteiger partial charge in [0.15, 0.2) is 0 Å². The number of hydrogen-bond donors (Lipinski definition) is 1. The molecule has 0 aromatic carbocycles. The van der Waals surface area contributed by atoms with Crippen LogP contribution in [0.15, 0.2) is 6.07 Å². The first-order valence-electron chi connectivity index (χ1n) is 7.81. The first-order valence-corrected chi connectivity index (χ1v) is 7.81. The number of carbonyl (C=O) groups is 1. The fourth-order valence-electron chi connectivity index (χ4n) is 2.94. The molecule has 2 rings (SSSR count). The Morgan fingerprint density at radius 2 is 2.05 bits per heavy atom. The zero-order valence-corrected chi connectivity index (χ0v) is 13.4. The second kappa shape index (κ2) is 6.89. The molecule has 0 saturated carbocycles. The van der Waals surface area contributed by atoms with Gasteiger partial charge in [-0.15, -0.1) is 0 Å². The van der Waals surface area contributed by atoms with Crippen molar-refractivity contribution in [3.8, 4) is 0 Å². The van der Waals surface area contributed by atoms with Gasteiger partial charge in [0, 0.05) is 37.9 Å². The summed E-state index contributed by atoms with van der Waals surface area (Å²) in [6.07, 6.45) is 3.29. The maximum atomic E-state index is 12.2. The van der Waals surface area contributed by atoms with Crippen molar-refractivity contribution in [2.45, 2.75) is 39.7 Å². The van der Waals surface area contributed by atoms with Crippen LogP contribution in [0.1, 0.15) is 37.1 Å². The lowest BCUT2D eigenvalue weighted by atomic mass is 10.1. The number of amides is 1. The molecular weight excluding hydrogens is 264 g/mol. The van der Waals surface area contributed by atoms with E-state index in [4.69, 9.17) is 10.7 Å². The highest BCUT2D eigenvalue weighted by Crippen LogP contribution is 2.26. The van der Waals surface area contributed by atoms with Crippen LogP contribution >= 0.6 is 0 Å². The molecule has 116 valence electrons. The summed E-state index contributed by atoms with van der Waals surface area (Å²) >= 11 is 0. The maximum Gasteiger partial charge on any atom is 0.242 e. The molecule has 0 aliphatic heterocycles. The molecule has 0 fully saturated rings. The standard InChI is InChI=1S/C16H26N4O/c1-4-20(5-2)15(21)11-19(3)16-13(10-17)9-12-7-6-8-14(12)18-16/h9H,4-8,10-11,17H2,1-3H3. The van der Waals surface area contributed by atoms with Crippen molar-refractivity contribution in [3.63, 3.8) is 0 Å². The molecule has 5 heteroatoms. The lowest BCUT2D eigenvalue weighted by molar-refractivity contribution is -0.129. The van der Waals surface area contributed by atoms with Crippen molar-refractivity contribution in [2.24, 2.45) is 5.73 Å². The van der Waals surface area contributed by atoms with Gasteiger partial charge in [-0.1, -0.05) is 0 Å². The maximum absolute atomic E-state index is 12.2. The quantitative estimate of drug-likeness (QED) is 0.858. The smallest absolute Gasteiger partial charge is 0.242 e. The summed E-state index contributed by atoms with van der Waals surface area (Å²) in [6.45, 7) is 6.29. The average molecular weight is 290 g/mol. The van der Waals surface area contributed by atoms with Gasteiger partial charge < -0.3 is 15.5 Å². The molecule has 1 aromatic rings. The number of aryl methyl sites for hydroxylation is 2. The number of likely N-dealkylation sites (N-methyl/N-ethyl adjacent to an activating group) is 2. The van der Waals surface area contributed by atoms with Gasteiger partial charge >= 0.3 is 0 Å². The van der Waals surface area contributed by atoms with Gasteiger partial charge in [-0.2, -0.15) is 0 Å². The van der Waals surface area contributed by atoms with Crippen LogP contribution in [0.2, 0.25) is 0 Å². The number of rotatable bonds is 6. The molecule has 0 spiro atoms. The molecular formula is C16H26N4O. The Hall–Kier alpha value is -1.62. The van der Waals surface area contributed by atoms with E-state index in [2.05, 4.69) is 6.07 Å². The van der Waals surface area contributed by atoms with Crippen LogP contribution in [0.3, 0.4) is 0 Å². The predicted octanol–water partition coefficient (Wildman–Crippen LogP) is 1.33. The third-order valence-electron chi connectivity index (χ3n) is 4.18. The minimum Gasteiger partial charge on any atom is -0.350 e. The summed E-state index contributed by atoms with van der Waals surface area (Å²) in [7, 11) is 1.92. The molecule has 0 unspecified atom stereocenters. The number of pyridine rings is 1. The summed E-state index contributed by atoms with van der Waals surface area (Å²) in [5.74, 6) is 0.992. The zero-order valence-electron chi connectivity index (χ0n) is 13.4. The molecule has 1 heterocycles. The Morgan fingerprint density at radius 1 is 1.33 bits per heavy atom. The van der Waals surface area contributed by atoms with Crippen molar-refractivity contribution in [1.29, 1.82) is 0 Å². The first kappa shape index (κ1) is 15.8. The summed E-state index contributed by atoms with van der Waals surface area (Å²) < 4.78 is 0. The number of hydrogen-bond acceptors (Lipinski definition) is 4. The Morgan fingerprint density at radius 3 is 2.67 bits per heavy atom. The first-order chi connectivity index (χ1) is 10.1. The van der Waals surface area contributed by atoms with Gasteiger partial charge in [0.25, 0.3) is 0 Å². The van der Waals surface area contributed by atoms with Gasteiger partial charge in [-0.3, -0.25) is 4.79 Å². The lowest BCUT2D eigenvalue weighted by Crippen LogP contribution is -2.39. The molecule has 5 nitrogen and oxygen atoms in total. The van der Waals surface area contributed by atoms with Crippen LogP contribution in [0.5, 0.6) is 0 Å². The average Bonchev–Trinajstić information content (AvgIpc) is 2.94. The third-order valence-corrected chi connectivity index (χ3v) is 4.18. The fourth-order valence-corrected chi connectivity index (χ4v) is 2.94. The van der Waals surface area contributed by atoms with Crippen molar-refractivity contribution in [3.05, 3.63) is 22.9 Å². The van der Waals surface area contributed by atoms with Crippen LogP contribution in [0, 0.1) is 0 Å². The highest BCUT2D eigenvalue weighted by atomic mass is 16.2. The lowest BCUT2D eigenvalue weighted by Gasteiger charge is -2.25. The zero-order chi connectivity index (χ0) is 15.4. The van der Waals surface area contributed by atoms with Crippen molar-refractivity contribution in [2.75, 3.05) is 31.6 Å². The van der Waals surface area contributed by atoms with E-state index in [1.807, 2.05) is 30.7 Å². The molecule has 0 atom stereocenters. The highest BCUT2D eigenvalue weighted by Gasteiger charge is 2.20. The predicted molar refractivity (Wildman–Crippen MR) is 85.4 cm³/mol. The van der Waals surface area contributed by atoms with E-state index in [1.54, 1.807) is 0 Å². The molecule has 1 aromatic heterocycles. The van der Waals surface area contributed by atoms with Gasteiger partial charge in [-0.25, -0.2) is 4.98 Å². The van der Waals surface area contributed by atoms with Crippen molar-refractivity contribution < 1.29 is 4.79 Å². The van der Waals surface area contributed by atoms with E-state index in [1.165, 1.54) is 11.3 Å². The Bertz CT molecular complexity index is 511. The van der Waals surface area contributed by atoms with Crippen LogP contribution in [0.4, 0.5) is 5.82 Å².